The lowest BCUT2D eigenvalue weighted by Gasteiger charge is -2.02. The third-order valence-electron chi connectivity index (χ3n) is 3.51. The number of fused-ring (bicyclic) bond motifs is 2. The predicted octanol–water partition coefficient (Wildman–Crippen LogP) is 4.09. The number of rotatable bonds is 1. The lowest BCUT2D eigenvalue weighted by atomic mass is 10.2. The molecule has 0 unspecified atom stereocenters. The predicted molar refractivity (Wildman–Crippen MR) is 88.8 cm³/mol. The number of nitrogen functional groups attached to an aromatic ring is 1. The van der Waals surface area contributed by atoms with Crippen molar-refractivity contribution in [2.24, 2.45) is 7.05 Å². The summed E-state index contributed by atoms with van der Waals surface area (Å²) in [5, 5.41) is 1.27. The molecule has 0 saturated carbocycles. The van der Waals surface area contributed by atoms with E-state index in [9.17, 15) is 0 Å². The largest absolute Gasteiger partial charge is 0.375 e. The van der Waals surface area contributed by atoms with Crippen LogP contribution in [-0.4, -0.2) is 14.5 Å². The third-order valence-corrected chi connectivity index (χ3v) is 4.59. The summed E-state index contributed by atoms with van der Waals surface area (Å²) in [5.41, 5.74) is 9.67. The minimum atomic E-state index is 0.582. The van der Waals surface area contributed by atoms with Crippen molar-refractivity contribution in [1.29, 1.82) is 0 Å². The third kappa shape index (κ3) is 1.97. The van der Waals surface area contributed by atoms with Gasteiger partial charge in [-0.2, -0.15) is 0 Å². The number of hydrogen-bond acceptors (Lipinski definition) is 4. The van der Waals surface area contributed by atoms with Gasteiger partial charge in [0.25, 0.3) is 0 Å². The molecule has 2 N–H and O–H groups in total. The molecule has 0 amide bonds. The molecule has 0 radical (unpaired) electrons. The van der Waals surface area contributed by atoms with Crippen LogP contribution in [0.15, 0.2) is 36.4 Å². The van der Waals surface area contributed by atoms with Gasteiger partial charge in [0.1, 0.15) is 5.82 Å². The smallest absolute Gasteiger partial charge is 0.181 e. The fourth-order valence-electron chi connectivity index (χ4n) is 2.51. The van der Waals surface area contributed by atoms with E-state index in [1.54, 1.807) is 0 Å². The first-order chi connectivity index (χ1) is 10.1. The van der Waals surface area contributed by atoms with Crippen molar-refractivity contribution in [3.63, 3.8) is 0 Å². The van der Waals surface area contributed by atoms with Gasteiger partial charge in [0, 0.05) is 17.6 Å². The summed E-state index contributed by atoms with van der Waals surface area (Å²) in [5.74, 6) is 0.904. The second-order valence-corrected chi connectivity index (χ2v) is 6.36. The van der Waals surface area contributed by atoms with Gasteiger partial charge in [0.15, 0.2) is 5.13 Å². The first-order valence-corrected chi connectivity index (χ1v) is 7.60. The Morgan fingerprint density at radius 2 is 1.95 bits per heavy atom. The van der Waals surface area contributed by atoms with Gasteiger partial charge in [0.05, 0.1) is 21.3 Å². The Hall–Kier alpha value is -2.11. The number of benzene rings is 2. The average Bonchev–Trinajstić information content (AvgIpc) is 2.97. The highest BCUT2D eigenvalue weighted by Gasteiger charge is 2.11. The Morgan fingerprint density at radius 3 is 2.81 bits per heavy atom. The first kappa shape index (κ1) is 12.6. The van der Waals surface area contributed by atoms with Crippen molar-refractivity contribution in [2.75, 3.05) is 5.73 Å². The molecule has 4 rings (SSSR count). The van der Waals surface area contributed by atoms with Crippen LogP contribution in [-0.2, 0) is 7.05 Å². The van der Waals surface area contributed by atoms with Gasteiger partial charge in [-0.1, -0.05) is 22.9 Å². The van der Waals surface area contributed by atoms with Crippen molar-refractivity contribution >= 4 is 49.3 Å². The van der Waals surface area contributed by atoms with E-state index in [4.69, 9.17) is 17.3 Å². The average molecular weight is 315 g/mol. The molecular formula is C15H11ClN4S. The maximum Gasteiger partial charge on any atom is 0.181 e. The molecule has 6 heteroatoms. The Labute approximate surface area is 129 Å². The second-order valence-electron chi connectivity index (χ2n) is 4.86. The quantitative estimate of drug-likeness (QED) is 0.576. The molecule has 0 bridgehead atoms. The van der Waals surface area contributed by atoms with E-state index in [0.717, 1.165) is 32.6 Å². The minimum absolute atomic E-state index is 0.582. The molecule has 0 fully saturated rings. The summed E-state index contributed by atoms with van der Waals surface area (Å²) in [6.07, 6.45) is 0. The van der Waals surface area contributed by atoms with Crippen molar-refractivity contribution in [2.45, 2.75) is 0 Å². The lowest BCUT2D eigenvalue weighted by Crippen LogP contribution is -1.92. The Balaban J connectivity index is 1.96. The van der Waals surface area contributed by atoms with Crippen LogP contribution < -0.4 is 5.73 Å². The molecule has 2 heterocycles. The van der Waals surface area contributed by atoms with Gasteiger partial charge >= 0.3 is 0 Å². The number of nitrogens with two attached hydrogens (primary N) is 1. The number of imidazole rings is 1. The van der Waals surface area contributed by atoms with Crippen molar-refractivity contribution < 1.29 is 0 Å². The van der Waals surface area contributed by atoms with Crippen LogP contribution >= 0.6 is 22.9 Å². The number of aromatic nitrogens is 3. The molecule has 0 aliphatic carbocycles. The van der Waals surface area contributed by atoms with E-state index in [0.29, 0.717) is 10.2 Å². The summed E-state index contributed by atoms with van der Waals surface area (Å²) in [7, 11) is 2.00. The maximum atomic E-state index is 6.04. The zero-order chi connectivity index (χ0) is 14.6. The van der Waals surface area contributed by atoms with Crippen molar-refractivity contribution in [1.82, 2.24) is 14.5 Å². The molecule has 0 aliphatic heterocycles. The zero-order valence-electron chi connectivity index (χ0n) is 11.2. The summed E-state index contributed by atoms with van der Waals surface area (Å²) in [4.78, 5) is 8.96. The summed E-state index contributed by atoms with van der Waals surface area (Å²) in [6, 6.07) is 11.8. The van der Waals surface area contributed by atoms with Crippen LogP contribution in [0.4, 0.5) is 5.13 Å². The normalized spacial score (nSPS) is 11.5. The number of aryl methyl sites for hydroxylation is 1. The highest BCUT2D eigenvalue weighted by molar-refractivity contribution is 7.22. The molecule has 2 aromatic heterocycles. The van der Waals surface area contributed by atoms with Crippen LogP contribution in [0.25, 0.3) is 32.6 Å². The topological polar surface area (TPSA) is 56.7 Å². The van der Waals surface area contributed by atoms with Crippen LogP contribution in [0.3, 0.4) is 0 Å². The molecule has 21 heavy (non-hydrogen) atoms. The Morgan fingerprint density at radius 1 is 1.10 bits per heavy atom. The molecule has 0 aliphatic rings. The molecule has 0 spiro atoms. The van der Waals surface area contributed by atoms with Gasteiger partial charge in [-0.05, 0) is 36.4 Å². The molecule has 4 nitrogen and oxygen atoms in total. The van der Waals surface area contributed by atoms with Gasteiger partial charge in [-0.25, -0.2) is 9.97 Å². The summed E-state index contributed by atoms with van der Waals surface area (Å²) >= 11 is 7.52. The number of hydrogen-bond donors (Lipinski definition) is 1. The number of anilines is 1. The molecular weight excluding hydrogens is 304 g/mol. The molecule has 2 aromatic carbocycles. The van der Waals surface area contributed by atoms with Gasteiger partial charge in [-0.15, -0.1) is 0 Å². The van der Waals surface area contributed by atoms with E-state index in [-0.39, 0.29) is 0 Å². The van der Waals surface area contributed by atoms with E-state index in [1.807, 2.05) is 37.4 Å². The van der Waals surface area contributed by atoms with Crippen LogP contribution in [0.1, 0.15) is 0 Å². The highest BCUT2D eigenvalue weighted by atomic mass is 35.5. The first-order valence-electron chi connectivity index (χ1n) is 6.40. The van der Waals surface area contributed by atoms with Crippen molar-refractivity contribution in [3.05, 3.63) is 41.4 Å². The summed E-state index contributed by atoms with van der Waals surface area (Å²) in [6.45, 7) is 0. The monoisotopic (exact) mass is 314 g/mol. The van der Waals surface area contributed by atoms with Crippen molar-refractivity contribution in [3.8, 4) is 11.4 Å². The van der Waals surface area contributed by atoms with E-state index < -0.39 is 0 Å². The summed E-state index contributed by atoms with van der Waals surface area (Å²) < 4.78 is 3.13. The minimum Gasteiger partial charge on any atom is -0.375 e. The van der Waals surface area contributed by atoms with Gasteiger partial charge in [-0.3, -0.25) is 0 Å². The fraction of sp³-hybridized carbons (Fsp3) is 0.0667. The Kier molecular flexibility index (Phi) is 2.67. The van der Waals surface area contributed by atoms with Crippen LogP contribution in [0.5, 0.6) is 0 Å². The fourth-order valence-corrected chi connectivity index (χ4v) is 3.45. The SMILES string of the molecule is Cn1c(-c2ccc3nc(N)sc3c2)nc2cc(Cl)ccc21. The molecule has 0 saturated heterocycles. The molecule has 4 aromatic rings. The lowest BCUT2D eigenvalue weighted by molar-refractivity contribution is 0.960. The number of thiazole rings is 1. The van der Waals surface area contributed by atoms with E-state index >= 15 is 0 Å². The number of nitrogens with zero attached hydrogens (tertiary/aromatic N) is 3. The Bertz CT molecular complexity index is 986. The molecule has 0 atom stereocenters. The van der Waals surface area contributed by atoms with E-state index in [2.05, 4.69) is 20.6 Å². The van der Waals surface area contributed by atoms with Crippen LogP contribution in [0, 0.1) is 0 Å². The van der Waals surface area contributed by atoms with Crippen LogP contribution in [0.2, 0.25) is 5.02 Å². The standard InChI is InChI=1S/C15H11ClN4S/c1-20-12-5-3-9(16)7-11(12)18-14(20)8-2-4-10-13(6-8)21-15(17)19-10/h2-7H,1H3,(H2,17,19). The second kappa shape index (κ2) is 4.44. The molecule has 104 valence electrons. The van der Waals surface area contributed by atoms with Gasteiger partial charge in [0.2, 0.25) is 0 Å². The van der Waals surface area contributed by atoms with Gasteiger partial charge < -0.3 is 10.3 Å². The van der Waals surface area contributed by atoms with E-state index in [1.165, 1.54) is 11.3 Å². The highest BCUT2D eigenvalue weighted by Crippen LogP contribution is 2.30. The zero-order valence-corrected chi connectivity index (χ0v) is 12.7. The number of halogens is 1. The maximum absolute atomic E-state index is 6.04.